The minimum Gasteiger partial charge on any atom is -0.310 e. The van der Waals surface area contributed by atoms with Crippen LogP contribution in [0.2, 0.25) is 0 Å². The van der Waals surface area contributed by atoms with Gasteiger partial charge in [-0.25, -0.2) is 0 Å². The van der Waals surface area contributed by atoms with Gasteiger partial charge in [0.1, 0.15) is 0 Å². The summed E-state index contributed by atoms with van der Waals surface area (Å²) in [6, 6.07) is 0.945. The maximum atomic E-state index is 3.77. The quantitative estimate of drug-likeness (QED) is 0.807. The predicted octanol–water partition coefficient (Wildman–Crippen LogP) is 2.64. The van der Waals surface area contributed by atoms with Crippen LogP contribution in [0.15, 0.2) is 0 Å². The van der Waals surface area contributed by atoms with E-state index < -0.39 is 0 Å². The van der Waals surface area contributed by atoms with Crippen LogP contribution in [0.4, 0.5) is 0 Å². The Balaban J connectivity index is 1.70. The zero-order valence-electron chi connectivity index (χ0n) is 11.5. The number of rotatable bonds is 4. The molecule has 3 fully saturated rings. The van der Waals surface area contributed by atoms with Crippen molar-refractivity contribution < 1.29 is 0 Å². The highest BCUT2D eigenvalue weighted by Crippen LogP contribution is 2.47. The van der Waals surface area contributed by atoms with Gasteiger partial charge in [0.2, 0.25) is 0 Å². The second kappa shape index (κ2) is 4.55. The Hall–Kier alpha value is -0.0800. The molecule has 1 heterocycles. The zero-order chi connectivity index (χ0) is 11.9. The largest absolute Gasteiger partial charge is 0.310 e. The monoisotopic (exact) mass is 236 g/mol. The van der Waals surface area contributed by atoms with Crippen molar-refractivity contribution in [2.75, 3.05) is 19.6 Å². The van der Waals surface area contributed by atoms with Crippen LogP contribution >= 0.6 is 0 Å². The molecule has 1 atom stereocenters. The molecule has 0 aromatic carbocycles. The first kappa shape index (κ1) is 12.0. The fourth-order valence-corrected chi connectivity index (χ4v) is 3.60. The van der Waals surface area contributed by atoms with E-state index in [9.17, 15) is 0 Å². The summed E-state index contributed by atoms with van der Waals surface area (Å²) in [7, 11) is 0. The first-order chi connectivity index (χ1) is 8.22. The first-order valence-electron chi connectivity index (χ1n) is 7.71. The summed E-state index contributed by atoms with van der Waals surface area (Å²) in [6.45, 7) is 8.58. The van der Waals surface area contributed by atoms with Crippen molar-refractivity contribution in [3.8, 4) is 0 Å². The average molecular weight is 236 g/mol. The third-order valence-electron chi connectivity index (χ3n) is 5.14. The Labute approximate surface area is 106 Å². The Morgan fingerprint density at radius 1 is 1.24 bits per heavy atom. The maximum absolute atomic E-state index is 3.77. The average Bonchev–Trinajstić information content (AvgIpc) is 3.16. The Morgan fingerprint density at radius 2 is 1.88 bits per heavy atom. The van der Waals surface area contributed by atoms with Crippen LogP contribution in [-0.2, 0) is 0 Å². The number of nitrogens with one attached hydrogen (secondary N) is 1. The summed E-state index contributed by atoms with van der Waals surface area (Å²) in [4.78, 5) is 2.86. The van der Waals surface area contributed by atoms with Crippen LogP contribution in [0.1, 0.15) is 52.4 Å². The highest BCUT2D eigenvalue weighted by atomic mass is 15.2. The molecule has 2 aliphatic carbocycles. The van der Waals surface area contributed by atoms with Crippen LogP contribution in [0, 0.1) is 11.8 Å². The lowest BCUT2D eigenvalue weighted by Gasteiger charge is -2.37. The van der Waals surface area contributed by atoms with Crippen molar-refractivity contribution in [1.82, 2.24) is 10.2 Å². The van der Waals surface area contributed by atoms with Crippen molar-refractivity contribution in [1.29, 1.82) is 0 Å². The predicted molar refractivity (Wildman–Crippen MR) is 72.1 cm³/mol. The summed E-state index contributed by atoms with van der Waals surface area (Å²) < 4.78 is 0. The van der Waals surface area contributed by atoms with E-state index in [1.165, 1.54) is 58.2 Å². The summed E-state index contributed by atoms with van der Waals surface area (Å²) in [5.74, 6) is 2.11. The second-order valence-corrected chi connectivity index (χ2v) is 6.83. The third kappa shape index (κ3) is 2.68. The van der Waals surface area contributed by atoms with E-state index in [4.69, 9.17) is 0 Å². The van der Waals surface area contributed by atoms with Gasteiger partial charge in [0.25, 0.3) is 0 Å². The molecule has 3 aliphatic rings. The number of nitrogens with zero attached hydrogens (tertiary/aromatic N) is 1. The van der Waals surface area contributed by atoms with Gasteiger partial charge in [-0.3, -0.25) is 4.90 Å². The van der Waals surface area contributed by atoms with Gasteiger partial charge in [0.15, 0.2) is 0 Å². The summed E-state index contributed by atoms with van der Waals surface area (Å²) in [5.41, 5.74) is 0.360. The molecule has 1 saturated heterocycles. The van der Waals surface area contributed by atoms with Gasteiger partial charge < -0.3 is 5.32 Å². The molecular formula is C15H28N2. The maximum Gasteiger partial charge on any atom is 0.0277 e. The number of hydrogen-bond acceptors (Lipinski definition) is 2. The Kier molecular flexibility index (Phi) is 3.20. The molecule has 1 N–H and O–H groups in total. The van der Waals surface area contributed by atoms with Crippen molar-refractivity contribution in [2.24, 2.45) is 11.8 Å². The van der Waals surface area contributed by atoms with E-state index in [-0.39, 0.29) is 0 Å². The van der Waals surface area contributed by atoms with E-state index in [1.807, 2.05) is 0 Å². The number of hydrogen-bond donors (Lipinski definition) is 1. The molecule has 1 unspecified atom stereocenters. The molecule has 0 aromatic heterocycles. The molecule has 2 heteroatoms. The van der Waals surface area contributed by atoms with E-state index in [1.54, 1.807) is 0 Å². The van der Waals surface area contributed by atoms with Gasteiger partial charge in [0.05, 0.1) is 0 Å². The zero-order valence-corrected chi connectivity index (χ0v) is 11.5. The third-order valence-corrected chi connectivity index (χ3v) is 5.14. The molecule has 1 aliphatic heterocycles. The van der Waals surface area contributed by atoms with Crippen molar-refractivity contribution >= 4 is 0 Å². The molecule has 0 bridgehead atoms. The van der Waals surface area contributed by atoms with E-state index in [2.05, 4.69) is 24.1 Å². The molecular weight excluding hydrogens is 208 g/mol. The summed E-state index contributed by atoms with van der Waals surface area (Å²) >= 11 is 0. The topological polar surface area (TPSA) is 15.3 Å². The normalized spacial score (nSPS) is 36.2. The Bertz CT molecular complexity index is 258. The van der Waals surface area contributed by atoms with Gasteiger partial charge >= 0.3 is 0 Å². The summed E-state index contributed by atoms with van der Waals surface area (Å²) in [6.07, 6.45) is 8.63. The van der Waals surface area contributed by atoms with Crippen molar-refractivity contribution in [3.05, 3.63) is 0 Å². The molecule has 0 amide bonds. The lowest BCUT2D eigenvalue weighted by atomic mass is 9.96. The van der Waals surface area contributed by atoms with Gasteiger partial charge in [0, 0.05) is 18.1 Å². The second-order valence-electron chi connectivity index (χ2n) is 6.83. The molecule has 0 radical (unpaired) electrons. The van der Waals surface area contributed by atoms with Gasteiger partial charge in [-0.2, -0.15) is 0 Å². The molecule has 2 saturated carbocycles. The van der Waals surface area contributed by atoms with Crippen LogP contribution < -0.4 is 5.32 Å². The van der Waals surface area contributed by atoms with Crippen LogP contribution in [0.3, 0.4) is 0 Å². The van der Waals surface area contributed by atoms with Crippen LogP contribution in [-0.4, -0.2) is 36.1 Å². The highest BCUT2D eigenvalue weighted by Gasteiger charge is 2.45. The smallest absolute Gasteiger partial charge is 0.0277 e. The highest BCUT2D eigenvalue weighted by molar-refractivity contribution is 5.00. The lowest BCUT2D eigenvalue weighted by molar-refractivity contribution is 0.128. The Morgan fingerprint density at radius 3 is 2.41 bits per heavy atom. The first-order valence-corrected chi connectivity index (χ1v) is 7.71. The minimum atomic E-state index is 0.360. The fraction of sp³-hybridized carbons (Fsp3) is 1.00. The molecule has 98 valence electrons. The van der Waals surface area contributed by atoms with Crippen molar-refractivity contribution in [3.63, 3.8) is 0 Å². The fourth-order valence-electron chi connectivity index (χ4n) is 3.60. The molecule has 0 spiro atoms. The molecule has 17 heavy (non-hydrogen) atoms. The lowest BCUT2D eigenvalue weighted by Crippen LogP contribution is -2.51. The van der Waals surface area contributed by atoms with Gasteiger partial charge in [-0.15, -0.1) is 0 Å². The van der Waals surface area contributed by atoms with Gasteiger partial charge in [-0.1, -0.05) is 6.92 Å². The summed E-state index contributed by atoms with van der Waals surface area (Å²) in [5, 5.41) is 3.77. The molecule has 2 nitrogen and oxygen atoms in total. The van der Waals surface area contributed by atoms with Crippen LogP contribution in [0.25, 0.3) is 0 Å². The van der Waals surface area contributed by atoms with E-state index >= 15 is 0 Å². The van der Waals surface area contributed by atoms with E-state index in [0.29, 0.717) is 5.54 Å². The van der Waals surface area contributed by atoms with Crippen LogP contribution in [0.5, 0.6) is 0 Å². The minimum absolute atomic E-state index is 0.360. The standard InChI is InChI=1S/C15H28N2/c1-3-15(2)11-17(10-4-9-16-15)14(12-5-6-12)13-7-8-13/h12-14,16H,3-11H2,1-2H3. The molecule has 0 aromatic rings. The SMILES string of the molecule is CCC1(C)CN(C(C2CC2)C2CC2)CCCN1. The molecule has 3 rings (SSSR count). The van der Waals surface area contributed by atoms with Gasteiger partial charge in [-0.05, 0) is 70.4 Å². The van der Waals surface area contributed by atoms with Crippen molar-refractivity contribution in [2.45, 2.75) is 64.0 Å². The van der Waals surface area contributed by atoms with E-state index in [0.717, 1.165) is 17.9 Å².